The van der Waals surface area contributed by atoms with Crippen molar-refractivity contribution in [1.82, 2.24) is 14.9 Å². The Labute approximate surface area is 138 Å². The molecular weight excluding hydrogens is 286 g/mol. The minimum absolute atomic E-state index is 0.525. The topological polar surface area (TPSA) is 39.1 Å². The molecule has 1 atom stereocenters. The number of aromatic nitrogens is 2. The van der Waals surface area contributed by atoms with Gasteiger partial charge >= 0.3 is 0 Å². The summed E-state index contributed by atoms with van der Waals surface area (Å²) in [5.74, 6) is 2.68. The molecule has 0 spiro atoms. The first kappa shape index (κ1) is 15.8. The highest BCUT2D eigenvalue weighted by Gasteiger charge is 2.21. The number of aryl methyl sites for hydroxylation is 2. The second-order valence-electron chi connectivity index (χ2n) is 6.08. The maximum Gasteiger partial charge on any atom is 0.126 e. The van der Waals surface area contributed by atoms with Gasteiger partial charge in [0.1, 0.15) is 11.6 Å². The van der Waals surface area contributed by atoms with Crippen molar-refractivity contribution < 1.29 is 4.74 Å². The Morgan fingerprint density at radius 2 is 2.26 bits per heavy atom. The third-order valence-electron chi connectivity index (χ3n) is 4.33. The van der Waals surface area contributed by atoms with Crippen LogP contribution in [0.15, 0.2) is 36.5 Å². The quantitative estimate of drug-likeness (QED) is 0.831. The number of imidazole rings is 1. The minimum Gasteiger partial charge on any atom is -0.496 e. The van der Waals surface area contributed by atoms with Crippen LogP contribution >= 0.6 is 0 Å². The highest BCUT2D eigenvalue weighted by atomic mass is 16.5. The zero-order chi connectivity index (χ0) is 16.1. The van der Waals surface area contributed by atoms with Gasteiger partial charge in [-0.2, -0.15) is 0 Å². The second-order valence-corrected chi connectivity index (χ2v) is 6.08. The molecule has 0 saturated heterocycles. The fourth-order valence-electron chi connectivity index (χ4n) is 3.23. The van der Waals surface area contributed by atoms with Crippen LogP contribution in [-0.2, 0) is 6.54 Å². The van der Waals surface area contributed by atoms with E-state index < -0.39 is 0 Å². The lowest BCUT2D eigenvalue weighted by Crippen LogP contribution is -2.26. The Morgan fingerprint density at radius 1 is 1.39 bits per heavy atom. The van der Waals surface area contributed by atoms with Crippen LogP contribution in [0.1, 0.15) is 35.8 Å². The fourth-order valence-corrected chi connectivity index (χ4v) is 3.23. The molecule has 122 valence electrons. The lowest BCUT2D eigenvalue weighted by molar-refractivity contribution is 0.414. The van der Waals surface area contributed by atoms with Crippen LogP contribution in [0.5, 0.6) is 5.75 Å². The van der Waals surface area contributed by atoms with Gasteiger partial charge < -0.3 is 14.6 Å². The zero-order valence-electron chi connectivity index (χ0n) is 14.0. The normalized spacial score (nSPS) is 17.4. The lowest BCUT2D eigenvalue weighted by atomic mass is 9.99. The van der Waals surface area contributed by atoms with E-state index in [1.54, 1.807) is 7.11 Å². The highest BCUT2D eigenvalue weighted by Crippen LogP contribution is 2.26. The van der Waals surface area contributed by atoms with Crippen molar-refractivity contribution in [2.45, 2.75) is 32.2 Å². The van der Waals surface area contributed by atoms with Gasteiger partial charge in [-0.3, -0.25) is 0 Å². The number of fused-ring (bicyclic) bond motifs is 1. The zero-order valence-corrected chi connectivity index (χ0v) is 14.0. The molecule has 0 amide bonds. The van der Waals surface area contributed by atoms with Gasteiger partial charge in [0.2, 0.25) is 0 Å². The number of methoxy groups -OCH3 is 1. The molecule has 4 heteroatoms. The van der Waals surface area contributed by atoms with Crippen molar-refractivity contribution in [3.8, 4) is 5.75 Å². The van der Waals surface area contributed by atoms with Crippen molar-refractivity contribution in [2.24, 2.45) is 0 Å². The number of para-hydroxylation sites is 1. The number of nitrogens with zero attached hydrogens (tertiary/aromatic N) is 2. The van der Waals surface area contributed by atoms with E-state index in [0.29, 0.717) is 5.92 Å². The molecule has 23 heavy (non-hydrogen) atoms. The van der Waals surface area contributed by atoms with Gasteiger partial charge in [0.05, 0.1) is 12.8 Å². The molecule has 0 saturated carbocycles. The third kappa shape index (κ3) is 3.82. The van der Waals surface area contributed by atoms with E-state index in [9.17, 15) is 0 Å². The summed E-state index contributed by atoms with van der Waals surface area (Å²) in [5.41, 5.74) is 2.24. The van der Waals surface area contributed by atoms with Gasteiger partial charge in [0.25, 0.3) is 0 Å². The molecule has 1 aliphatic heterocycles. The van der Waals surface area contributed by atoms with Crippen molar-refractivity contribution in [3.05, 3.63) is 53.6 Å². The molecule has 2 heterocycles. The van der Waals surface area contributed by atoms with Crippen LogP contribution in [0.25, 0.3) is 6.08 Å². The van der Waals surface area contributed by atoms with Gasteiger partial charge in [-0.25, -0.2) is 4.98 Å². The molecule has 4 nitrogen and oxygen atoms in total. The van der Waals surface area contributed by atoms with Crippen molar-refractivity contribution in [2.75, 3.05) is 20.2 Å². The van der Waals surface area contributed by atoms with E-state index in [4.69, 9.17) is 9.72 Å². The fraction of sp³-hybridized carbons (Fsp3) is 0.421. The maximum atomic E-state index is 5.36. The summed E-state index contributed by atoms with van der Waals surface area (Å²) in [6.07, 6.45) is 8.89. The van der Waals surface area contributed by atoms with Gasteiger partial charge in [-0.15, -0.1) is 0 Å². The molecule has 0 fully saturated rings. The third-order valence-corrected chi connectivity index (χ3v) is 4.33. The van der Waals surface area contributed by atoms with Crippen LogP contribution in [0, 0.1) is 6.92 Å². The minimum atomic E-state index is 0.525. The maximum absolute atomic E-state index is 5.36. The summed E-state index contributed by atoms with van der Waals surface area (Å²) in [5, 5.41) is 3.53. The monoisotopic (exact) mass is 311 g/mol. The highest BCUT2D eigenvalue weighted by molar-refractivity contribution is 5.57. The van der Waals surface area contributed by atoms with Crippen LogP contribution < -0.4 is 10.1 Å². The number of nitrogens with one attached hydrogen (secondary N) is 1. The molecule has 0 bridgehead atoms. The summed E-state index contributed by atoms with van der Waals surface area (Å²) in [7, 11) is 1.71. The van der Waals surface area contributed by atoms with Crippen molar-refractivity contribution >= 4 is 6.08 Å². The summed E-state index contributed by atoms with van der Waals surface area (Å²) in [6, 6.07) is 8.06. The Hall–Kier alpha value is -2.07. The average Bonchev–Trinajstić information content (AvgIpc) is 2.96. The predicted molar refractivity (Wildman–Crippen MR) is 93.8 cm³/mol. The molecule has 3 rings (SSSR count). The molecule has 0 aliphatic carbocycles. The number of rotatable bonds is 6. The molecule has 1 aromatic carbocycles. The van der Waals surface area contributed by atoms with E-state index in [2.05, 4.69) is 41.2 Å². The van der Waals surface area contributed by atoms with E-state index >= 15 is 0 Å². The van der Waals surface area contributed by atoms with Gasteiger partial charge in [-0.1, -0.05) is 30.4 Å². The van der Waals surface area contributed by atoms with Gasteiger partial charge in [0.15, 0.2) is 0 Å². The number of ether oxygens (including phenoxy) is 1. The molecule has 1 aliphatic rings. The first-order chi connectivity index (χ1) is 11.3. The Bertz CT molecular complexity index is 675. The Morgan fingerprint density at radius 3 is 3.13 bits per heavy atom. The molecule has 1 aromatic heterocycles. The summed E-state index contributed by atoms with van der Waals surface area (Å²) >= 11 is 0. The molecule has 2 aromatic rings. The number of hydrogen-bond donors (Lipinski definition) is 1. The van der Waals surface area contributed by atoms with E-state index in [1.165, 1.54) is 18.7 Å². The van der Waals surface area contributed by atoms with Crippen LogP contribution in [0.2, 0.25) is 0 Å². The van der Waals surface area contributed by atoms with Gasteiger partial charge in [0, 0.05) is 37.3 Å². The van der Waals surface area contributed by atoms with E-state index in [-0.39, 0.29) is 0 Å². The van der Waals surface area contributed by atoms with Crippen LogP contribution in [-0.4, -0.2) is 29.8 Å². The van der Waals surface area contributed by atoms with E-state index in [0.717, 1.165) is 36.6 Å². The summed E-state index contributed by atoms with van der Waals surface area (Å²) in [4.78, 5) is 4.69. The Kier molecular flexibility index (Phi) is 5.13. The second kappa shape index (κ2) is 7.47. The first-order valence-electron chi connectivity index (χ1n) is 8.32. The summed E-state index contributed by atoms with van der Waals surface area (Å²) in [6.45, 7) is 5.02. The van der Waals surface area contributed by atoms with Crippen LogP contribution in [0.3, 0.4) is 0 Å². The van der Waals surface area contributed by atoms with Crippen molar-refractivity contribution in [1.29, 1.82) is 0 Å². The summed E-state index contributed by atoms with van der Waals surface area (Å²) < 4.78 is 7.67. The molecule has 0 radical (unpaired) electrons. The number of benzene rings is 1. The molecule has 1 unspecified atom stereocenters. The largest absolute Gasteiger partial charge is 0.496 e. The average molecular weight is 311 g/mol. The molecular formula is C19H25N3O. The SMILES string of the molecule is COc1ccccc1C=CCNCC1CCCn2cc(C)nc21. The van der Waals surface area contributed by atoms with Crippen molar-refractivity contribution in [3.63, 3.8) is 0 Å². The van der Waals surface area contributed by atoms with Gasteiger partial charge in [-0.05, 0) is 25.8 Å². The number of hydrogen-bond acceptors (Lipinski definition) is 3. The van der Waals surface area contributed by atoms with E-state index in [1.807, 2.05) is 18.2 Å². The molecule has 1 N–H and O–H groups in total. The standard InChI is InChI=1S/C19H25N3O/c1-15-14-22-12-6-9-17(19(22)21-15)13-20-11-5-8-16-7-3-4-10-18(16)23-2/h3-5,7-8,10,14,17,20H,6,9,11-13H2,1-2H3. The van der Waals surface area contributed by atoms with Crippen LogP contribution in [0.4, 0.5) is 0 Å². The smallest absolute Gasteiger partial charge is 0.126 e. The lowest BCUT2D eigenvalue weighted by Gasteiger charge is -2.23. The first-order valence-corrected chi connectivity index (χ1v) is 8.32. The predicted octanol–water partition coefficient (Wildman–Crippen LogP) is 3.38. The Balaban J connectivity index is 1.51.